The average molecular weight is 295 g/mol. The molecule has 1 aromatic carbocycles. The number of rotatable bonds is 5. The summed E-state index contributed by atoms with van der Waals surface area (Å²) in [5.74, 6) is 0.0919. The Balaban J connectivity index is 2.12. The maximum atomic E-state index is 13.6. The lowest BCUT2D eigenvalue weighted by molar-refractivity contribution is -0.384. The molecule has 0 amide bonds. The Labute approximate surface area is 124 Å². The third kappa shape index (κ3) is 3.69. The van der Waals surface area contributed by atoms with Crippen LogP contribution in [0.2, 0.25) is 0 Å². The molecule has 1 heterocycles. The minimum absolute atomic E-state index is 0.136. The zero-order chi connectivity index (χ0) is 15.4. The summed E-state index contributed by atoms with van der Waals surface area (Å²) in [6.45, 7) is 7.24. The van der Waals surface area contributed by atoms with Crippen molar-refractivity contribution < 1.29 is 9.31 Å². The van der Waals surface area contributed by atoms with E-state index in [-0.39, 0.29) is 5.69 Å². The van der Waals surface area contributed by atoms with E-state index in [0.717, 1.165) is 45.1 Å². The first kappa shape index (κ1) is 15.7. The van der Waals surface area contributed by atoms with Gasteiger partial charge < -0.3 is 10.2 Å². The van der Waals surface area contributed by atoms with Crippen LogP contribution < -0.4 is 10.2 Å². The highest BCUT2D eigenvalue weighted by molar-refractivity contribution is 5.65. The van der Waals surface area contributed by atoms with Gasteiger partial charge in [-0.25, -0.2) is 4.39 Å². The van der Waals surface area contributed by atoms with Crippen LogP contribution >= 0.6 is 0 Å². The fourth-order valence-corrected chi connectivity index (χ4v) is 2.78. The number of halogens is 1. The Kier molecular flexibility index (Phi) is 5.12. The summed E-state index contributed by atoms with van der Waals surface area (Å²) in [7, 11) is 0. The van der Waals surface area contributed by atoms with Crippen molar-refractivity contribution in [3.8, 4) is 0 Å². The molecule has 1 aliphatic heterocycles. The van der Waals surface area contributed by atoms with Crippen LogP contribution in [-0.2, 0) is 0 Å². The Morgan fingerprint density at radius 1 is 1.43 bits per heavy atom. The van der Waals surface area contributed by atoms with Gasteiger partial charge in [-0.1, -0.05) is 6.92 Å². The van der Waals surface area contributed by atoms with Gasteiger partial charge in [-0.3, -0.25) is 10.1 Å². The first-order chi connectivity index (χ1) is 10.0. The van der Waals surface area contributed by atoms with Crippen LogP contribution in [0.3, 0.4) is 0 Å². The molecule has 1 aromatic rings. The van der Waals surface area contributed by atoms with Crippen molar-refractivity contribution in [2.45, 2.75) is 26.7 Å². The summed E-state index contributed by atoms with van der Waals surface area (Å²) in [5, 5.41) is 14.5. The highest BCUT2D eigenvalue weighted by Gasteiger charge is 2.25. The molecule has 0 atom stereocenters. The van der Waals surface area contributed by atoms with Gasteiger partial charge in [0.15, 0.2) is 0 Å². The zero-order valence-electron chi connectivity index (χ0n) is 12.6. The normalized spacial score (nSPS) is 16.2. The van der Waals surface area contributed by atoms with E-state index in [4.69, 9.17) is 0 Å². The van der Waals surface area contributed by atoms with Crippen molar-refractivity contribution in [3.05, 3.63) is 33.6 Å². The van der Waals surface area contributed by atoms with Crippen molar-refractivity contribution >= 4 is 11.4 Å². The predicted molar refractivity (Wildman–Crippen MR) is 81.3 cm³/mol. The van der Waals surface area contributed by atoms with E-state index < -0.39 is 10.7 Å². The molecule has 0 unspecified atom stereocenters. The molecule has 1 N–H and O–H groups in total. The number of nitro benzene ring substituents is 1. The predicted octanol–water partition coefficient (Wildman–Crippen LogP) is 2.87. The number of piperidine rings is 1. The van der Waals surface area contributed by atoms with E-state index in [1.807, 2.05) is 4.90 Å². The first-order valence-corrected chi connectivity index (χ1v) is 7.43. The smallest absolute Gasteiger partial charge is 0.295 e. The number of nitro groups is 1. The third-order valence-corrected chi connectivity index (χ3v) is 4.09. The zero-order valence-corrected chi connectivity index (χ0v) is 12.6. The topological polar surface area (TPSA) is 58.4 Å². The molecule has 5 nitrogen and oxygen atoms in total. The molecule has 0 saturated carbocycles. The lowest BCUT2D eigenvalue weighted by Gasteiger charge is -2.33. The molecular weight excluding hydrogens is 273 g/mol. The van der Waals surface area contributed by atoms with Crippen molar-refractivity contribution in [2.24, 2.45) is 5.92 Å². The van der Waals surface area contributed by atoms with Crippen LogP contribution in [0.1, 0.15) is 25.3 Å². The van der Waals surface area contributed by atoms with Crippen LogP contribution in [0.5, 0.6) is 0 Å². The van der Waals surface area contributed by atoms with Crippen molar-refractivity contribution in [1.29, 1.82) is 0 Å². The van der Waals surface area contributed by atoms with E-state index in [9.17, 15) is 14.5 Å². The molecule has 1 saturated heterocycles. The molecule has 0 spiro atoms. The van der Waals surface area contributed by atoms with Gasteiger partial charge in [0, 0.05) is 13.1 Å². The molecule has 116 valence electrons. The van der Waals surface area contributed by atoms with Crippen molar-refractivity contribution in [1.82, 2.24) is 5.32 Å². The maximum Gasteiger partial charge on any atom is 0.295 e. The van der Waals surface area contributed by atoms with E-state index in [2.05, 4.69) is 12.2 Å². The van der Waals surface area contributed by atoms with E-state index in [0.29, 0.717) is 17.2 Å². The summed E-state index contributed by atoms with van der Waals surface area (Å²) in [5.41, 5.74) is 0.856. The molecular formula is C15H22FN3O2. The van der Waals surface area contributed by atoms with Gasteiger partial charge >= 0.3 is 0 Å². The molecule has 1 aliphatic rings. The highest BCUT2D eigenvalue weighted by atomic mass is 19.1. The van der Waals surface area contributed by atoms with E-state index >= 15 is 0 Å². The molecule has 0 radical (unpaired) electrons. The van der Waals surface area contributed by atoms with Crippen LogP contribution in [0.4, 0.5) is 15.8 Å². The minimum Gasteiger partial charge on any atom is -0.366 e. The number of nitrogens with zero attached hydrogens (tertiary/aromatic N) is 2. The Hall–Kier alpha value is -1.69. The lowest BCUT2D eigenvalue weighted by Crippen LogP contribution is -2.37. The number of nitrogens with one attached hydrogen (secondary N) is 1. The Morgan fingerprint density at radius 2 is 2.10 bits per heavy atom. The largest absolute Gasteiger partial charge is 0.366 e. The summed E-state index contributed by atoms with van der Waals surface area (Å²) in [4.78, 5) is 12.6. The second-order valence-electron chi connectivity index (χ2n) is 5.59. The summed E-state index contributed by atoms with van der Waals surface area (Å²) >= 11 is 0. The van der Waals surface area contributed by atoms with Crippen LogP contribution in [0, 0.1) is 28.8 Å². The molecule has 0 aromatic heterocycles. The third-order valence-electron chi connectivity index (χ3n) is 4.09. The van der Waals surface area contributed by atoms with Crippen molar-refractivity contribution in [3.63, 3.8) is 0 Å². The quantitative estimate of drug-likeness (QED) is 0.670. The fourth-order valence-electron chi connectivity index (χ4n) is 2.78. The SMILES string of the molecule is CCNCC1CCN(c2cc(C)c(F)cc2[N+](=O)[O-])CC1. The van der Waals surface area contributed by atoms with E-state index in [1.54, 1.807) is 13.0 Å². The molecule has 0 aliphatic carbocycles. The molecule has 1 fully saturated rings. The van der Waals surface area contributed by atoms with E-state index in [1.165, 1.54) is 0 Å². The van der Waals surface area contributed by atoms with Gasteiger partial charge in [0.25, 0.3) is 5.69 Å². The highest BCUT2D eigenvalue weighted by Crippen LogP contribution is 2.33. The van der Waals surface area contributed by atoms with Gasteiger partial charge in [0.2, 0.25) is 0 Å². The number of aryl methyl sites for hydroxylation is 1. The first-order valence-electron chi connectivity index (χ1n) is 7.43. The van der Waals surface area contributed by atoms with Gasteiger partial charge in [-0.15, -0.1) is 0 Å². The summed E-state index contributed by atoms with van der Waals surface area (Å²) < 4.78 is 13.6. The Morgan fingerprint density at radius 3 is 2.67 bits per heavy atom. The second kappa shape index (κ2) is 6.85. The van der Waals surface area contributed by atoms with Gasteiger partial charge in [0.1, 0.15) is 11.5 Å². The summed E-state index contributed by atoms with van der Waals surface area (Å²) in [6.07, 6.45) is 2.00. The van der Waals surface area contributed by atoms with Crippen LogP contribution in [-0.4, -0.2) is 31.1 Å². The maximum absolute atomic E-state index is 13.6. The Bertz CT molecular complexity index is 514. The standard InChI is InChI=1S/C15H22FN3O2/c1-3-17-10-12-4-6-18(7-5-12)14-8-11(2)13(16)9-15(14)19(20)21/h8-9,12,17H,3-7,10H2,1-2H3. The van der Waals surface area contributed by atoms with Crippen LogP contribution in [0.25, 0.3) is 0 Å². The van der Waals surface area contributed by atoms with Gasteiger partial charge in [0.05, 0.1) is 11.0 Å². The number of hydrogen-bond acceptors (Lipinski definition) is 4. The lowest BCUT2D eigenvalue weighted by atomic mass is 9.96. The van der Waals surface area contributed by atoms with Gasteiger partial charge in [-0.2, -0.15) is 0 Å². The van der Waals surface area contributed by atoms with Crippen molar-refractivity contribution in [2.75, 3.05) is 31.1 Å². The number of benzene rings is 1. The summed E-state index contributed by atoms with van der Waals surface area (Å²) in [6, 6.07) is 2.63. The molecule has 2 rings (SSSR count). The number of hydrogen-bond donors (Lipinski definition) is 1. The monoisotopic (exact) mass is 295 g/mol. The minimum atomic E-state index is -0.521. The second-order valence-corrected chi connectivity index (χ2v) is 5.59. The molecule has 21 heavy (non-hydrogen) atoms. The van der Waals surface area contributed by atoms with Crippen LogP contribution in [0.15, 0.2) is 12.1 Å². The molecule has 0 bridgehead atoms. The van der Waals surface area contributed by atoms with Gasteiger partial charge in [-0.05, 0) is 50.4 Å². The fraction of sp³-hybridized carbons (Fsp3) is 0.600. The molecule has 6 heteroatoms. The average Bonchev–Trinajstić information content (AvgIpc) is 2.48. The number of anilines is 1.